The predicted octanol–water partition coefficient (Wildman–Crippen LogP) is 1.30. The van der Waals surface area contributed by atoms with E-state index in [0.29, 0.717) is 18.0 Å². The molecular weight excluding hydrogens is 244 g/mol. The number of hydrogen-bond acceptors (Lipinski definition) is 4. The van der Waals surface area contributed by atoms with Crippen LogP contribution in [0.25, 0.3) is 0 Å². The van der Waals surface area contributed by atoms with Gasteiger partial charge in [-0.2, -0.15) is 0 Å². The molecule has 1 rings (SSSR count). The highest BCUT2D eigenvalue weighted by Gasteiger charge is 2.16. The molecule has 2 atom stereocenters. The molecule has 2 unspecified atom stereocenters. The van der Waals surface area contributed by atoms with E-state index >= 15 is 0 Å². The van der Waals surface area contributed by atoms with Gasteiger partial charge in [0.1, 0.15) is 0 Å². The van der Waals surface area contributed by atoms with Crippen LogP contribution < -0.4 is 20.5 Å². The fourth-order valence-corrected chi connectivity index (χ4v) is 1.58. The minimum atomic E-state index is -0.208. The summed E-state index contributed by atoms with van der Waals surface area (Å²) in [7, 11) is 3.17. The third-order valence-corrected chi connectivity index (χ3v) is 3.12. The van der Waals surface area contributed by atoms with Gasteiger partial charge in [0, 0.05) is 18.5 Å². The first-order valence-electron chi connectivity index (χ1n) is 6.23. The van der Waals surface area contributed by atoms with Gasteiger partial charge in [-0.15, -0.1) is 0 Å². The molecule has 0 saturated heterocycles. The molecule has 3 N–H and O–H groups in total. The van der Waals surface area contributed by atoms with E-state index in [0.717, 1.165) is 5.56 Å². The Kier molecular flexibility index (Phi) is 5.63. The van der Waals surface area contributed by atoms with Crippen LogP contribution in [0.2, 0.25) is 0 Å². The average molecular weight is 266 g/mol. The molecule has 0 aliphatic heterocycles. The zero-order chi connectivity index (χ0) is 14.4. The van der Waals surface area contributed by atoms with Crippen molar-refractivity contribution < 1.29 is 14.3 Å². The highest BCUT2D eigenvalue weighted by Crippen LogP contribution is 2.27. The Bertz CT molecular complexity index is 433. The van der Waals surface area contributed by atoms with Gasteiger partial charge in [0.15, 0.2) is 11.5 Å². The van der Waals surface area contributed by atoms with Crippen LogP contribution in [0.4, 0.5) is 0 Å². The Morgan fingerprint density at radius 3 is 2.42 bits per heavy atom. The average Bonchev–Trinajstić information content (AvgIpc) is 2.43. The van der Waals surface area contributed by atoms with Gasteiger partial charge in [-0.1, -0.05) is 13.0 Å². The lowest BCUT2D eigenvalue weighted by Gasteiger charge is -2.16. The number of hydrogen-bond donors (Lipinski definition) is 2. The molecule has 0 bridgehead atoms. The minimum Gasteiger partial charge on any atom is -0.493 e. The van der Waals surface area contributed by atoms with E-state index in [1.807, 2.05) is 32.0 Å². The van der Waals surface area contributed by atoms with Crippen molar-refractivity contribution in [1.29, 1.82) is 0 Å². The van der Waals surface area contributed by atoms with E-state index in [9.17, 15) is 4.79 Å². The summed E-state index contributed by atoms with van der Waals surface area (Å²) in [6.45, 7) is 4.07. The summed E-state index contributed by atoms with van der Waals surface area (Å²) >= 11 is 0. The van der Waals surface area contributed by atoms with E-state index < -0.39 is 0 Å². The number of rotatable bonds is 6. The van der Waals surface area contributed by atoms with Crippen LogP contribution in [0, 0.1) is 5.92 Å². The maximum atomic E-state index is 11.8. The summed E-state index contributed by atoms with van der Waals surface area (Å²) in [5.41, 5.74) is 6.64. The van der Waals surface area contributed by atoms with Crippen molar-refractivity contribution in [2.45, 2.75) is 26.4 Å². The second kappa shape index (κ2) is 6.99. The van der Waals surface area contributed by atoms with Crippen LogP contribution in [-0.4, -0.2) is 26.2 Å². The predicted molar refractivity (Wildman–Crippen MR) is 74.2 cm³/mol. The van der Waals surface area contributed by atoms with Gasteiger partial charge in [0.2, 0.25) is 5.91 Å². The quantitative estimate of drug-likeness (QED) is 0.814. The van der Waals surface area contributed by atoms with Gasteiger partial charge < -0.3 is 20.5 Å². The van der Waals surface area contributed by atoms with Crippen LogP contribution in [0.3, 0.4) is 0 Å². The van der Waals surface area contributed by atoms with Crippen LogP contribution in [0.1, 0.15) is 19.4 Å². The first kappa shape index (κ1) is 15.3. The van der Waals surface area contributed by atoms with Crippen molar-refractivity contribution in [2.24, 2.45) is 11.7 Å². The summed E-state index contributed by atoms with van der Waals surface area (Å²) in [5, 5.41) is 2.85. The fraction of sp³-hybridized carbons (Fsp3) is 0.500. The molecule has 5 heteroatoms. The minimum absolute atomic E-state index is 0.0511. The SMILES string of the molecule is COc1ccc(CNC(=O)C(C)C(C)N)cc1OC. The van der Waals surface area contributed by atoms with Gasteiger partial charge in [-0.05, 0) is 24.6 Å². The number of methoxy groups -OCH3 is 2. The number of nitrogens with one attached hydrogen (secondary N) is 1. The summed E-state index contributed by atoms with van der Waals surface area (Å²) in [4.78, 5) is 11.8. The maximum Gasteiger partial charge on any atom is 0.224 e. The zero-order valence-electron chi connectivity index (χ0n) is 11.9. The number of carbonyl (C=O) groups is 1. The molecule has 0 fully saturated rings. The second-order valence-electron chi connectivity index (χ2n) is 4.55. The summed E-state index contributed by atoms with van der Waals surface area (Å²) in [6.07, 6.45) is 0. The van der Waals surface area contributed by atoms with E-state index in [-0.39, 0.29) is 17.9 Å². The van der Waals surface area contributed by atoms with Crippen LogP contribution in [0.5, 0.6) is 11.5 Å². The Morgan fingerprint density at radius 1 is 1.26 bits per heavy atom. The van der Waals surface area contributed by atoms with Crippen LogP contribution in [-0.2, 0) is 11.3 Å². The van der Waals surface area contributed by atoms with Crippen LogP contribution >= 0.6 is 0 Å². The Morgan fingerprint density at radius 2 is 1.89 bits per heavy atom. The summed E-state index contributed by atoms with van der Waals surface area (Å²) in [6, 6.07) is 5.38. The molecule has 1 aromatic carbocycles. The third kappa shape index (κ3) is 4.13. The van der Waals surface area contributed by atoms with E-state index in [1.54, 1.807) is 14.2 Å². The third-order valence-electron chi connectivity index (χ3n) is 3.12. The molecule has 0 heterocycles. The number of carbonyl (C=O) groups excluding carboxylic acids is 1. The molecule has 0 aliphatic carbocycles. The fourth-order valence-electron chi connectivity index (χ4n) is 1.58. The summed E-state index contributed by atoms with van der Waals surface area (Å²) in [5.74, 6) is 1.06. The highest BCUT2D eigenvalue weighted by molar-refractivity contribution is 5.78. The number of nitrogens with two attached hydrogens (primary N) is 1. The first-order chi connectivity index (χ1) is 8.99. The van der Waals surface area contributed by atoms with Crippen LogP contribution in [0.15, 0.2) is 18.2 Å². The summed E-state index contributed by atoms with van der Waals surface area (Å²) < 4.78 is 10.4. The van der Waals surface area contributed by atoms with E-state index in [1.165, 1.54) is 0 Å². The Labute approximate surface area is 114 Å². The van der Waals surface area contributed by atoms with Crippen molar-refractivity contribution in [3.8, 4) is 11.5 Å². The van der Waals surface area contributed by atoms with Crippen molar-refractivity contribution in [3.05, 3.63) is 23.8 Å². The second-order valence-corrected chi connectivity index (χ2v) is 4.55. The Balaban J connectivity index is 2.66. The topological polar surface area (TPSA) is 73.6 Å². The molecule has 106 valence electrons. The van der Waals surface area contributed by atoms with Crippen molar-refractivity contribution in [1.82, 2.24) is 5.32 Å². The lowest BCUT2D eigenvalue weighted by molar-refractivity contribution is -0.125. The maximum absolute atomic E-state index is 11.8. The molecule has 0 saturated carbocycles. The molecular formula is C14H22N2O3. The number of benzene rings is 1. The van der Waals surface area contributed by atoms with Crippen molar-refractivity contribution >= 4 is 5.91 Å². The molecule has 0 aliphatic rings. The lowest BCUT2D eigenvalue weighted by Crippen LogP contribution is -2.38. The highest BCUT2D eigenvalue weighted by atomic mass is 16.5. The zero-order valence-corrected chi connectivity index (χ0v) is 11.9. The normalized spacial score (nSPS) is 13.5. The standard InChI is InChI=1S/C14H22N2O3/c1-9(10(2)15)14(17)16-8-11-5-6-12(18-3)13(7-11)19-4/h5-7,9-10H,8,15H2,1-4H3,(H,16,17). The van der Waals surface area contributed by atoms with E-state index in [4.69, 9.17) is 15.2 Å². The van der Waals surface area contributed by atoms with Crippen molar-refractivity contribution in [3.63, 3.8) is 0 Å². The van der Waals surface area contributed by atoms with Gasteiger partial charge in [0.25, 0.3) is 0 Å². The van der Waals surface area contributed by atoms with Gasteiger partial charge in [0.05, 0.1) is 14.2 Å². The first-order valence-corrected chi connectivity index (χ1v) is 6.23. The molecule has 0 radical (unpaired) electrons. The molecule has 1 aromatic rings. The lowest BCUT2D eigenvalue weighted by atomic mass is 10.0. The molecule has 19 heavy (non-hydrogen) atoms. The molecule has 0 aromatic heterocycles. The smallest absolute Gasteiger partial charge is 0.224 e. The molecule has 5 nitrogen and oxygen atoms in total. The van der Waals surface area contributed by atoms with E-state index in [2.05, 4.69) is 5.32 Å². The van der Waals surface area contributed by atoms with Crippen molar-refractivity contribution in [2.75, 3.05) is 14.2 Å². The number of amides is 1. The largest absolute Gasteiger partial charge is 0.493 e. The molecule has 1 amide bonds. The van der Waals surface area contributed by atoms with Gasteiger partial charge >= 0.3 is 0 Å². The van der Waals surface area contributed by atoms with Gasteiger partial charge in [-0.3, -0.25) is 4.79 Å². The number of ether oxygens (including phenoxy) is 2. The monoisotopic (exact) mass is 266 g/mol. The Hall–Kier alpha value is -1.75. The molecule has 0 spiro atoms. The van der Waals surface area contributed by atoms with Gasteiger partial charge in [-0.25, -0.2) is 0 Å².